The van der Waals surface area contributed by atoms with E-state index in [4.69, 9.17) is 4.52 Å². The maximum absolute atomic E-state index is 13.4. The third-order valence-electron chi connectivity index (χ3n) is 6.47. The van der Waals surface area contributed by atoms with Crippen LogP contribution in [0.2, 0.25) is 16.6 Å². The molecule has 0 saturated heterocycles. The zero-order valence-corrected chi connectivity index (χ0v) is 22.0. The van der Waals surface area contributed by atoms with Crippen molar-refractivity contribution in [1.29, 1.82) is 0 Å². The number of hydrogen-bond acceptors (Lipinski definition) is 6. The van der Waals surface area contributed by atoms with Gasteiger partial charge in [-0.15, -0.1) is 5.54 Å². The Morgan fingerprint density at radius 3 is 2.34 bits per heavy atom. The molecule has 0 atom stereocenters. The summed E-state index contributed by atoms with van der Waals surface area (Å²) in [5.41, 5.74) is 7.09. The fourth-order valence-corrected chi connectivity index (χ4v) is 10.4. The number of aromatic nitrogens is 4. The summed E-state index contributed by atoms with van der Waals surface area (Å²) in [5.74, 6) is 4.08. The van der Waals surface area contributed by atoms with Gasteiger partial charge in [-0.05, 0) is 29.8 Å². The van der Waals surface area contributed by atoms with E-state index < -0.39 is 8.07 Å². The number of hydrogen-bond donors (Lipinski definition) is 0. The first kappa shape index (κ1) is 24.3. The molecule has 3 aromatic heterocycles. The van der Waals surface area contributed by atoms with Gasteiger partial charge >= 0.3 is 0 Å². The summed E-state index contributed by atoms with van der Waals surface area (Å²) in [6, 6.07) is 1.76. The van der Waals surface area contributed by atoms with Crippen molar-refractivity contribution in [3.63, 3.8) is 0 Å². The molecule has 6 nitrogen and oxygen atoms in total. The molecule has 8 heteroatoms. The predicted molar refractivity (Wildman–Crippen MR) is 134 cm³/mol. The summed E-state index contributed by atoms with van der Waals surface area (Å²) in [6.45, 7) is 15.8. The summed E-state index contributed by atoms with van der Waals surface area (Å²) in [7, 11) is -1.96. The molecule has 0 amide bonds. The summed E-state index contributed by atoms with van der Waals surface area (Å²) in [6.07, 6.45) is 5.29. The Hall–Kier alpha value is -2.37. The molecule has 0 saturated carbocycles. The molecule has 170 valence electrons. The summed E-state index contributed by atoms with van der Waals surface area (Å²) >= 11 is 1.44. The van der Waals surface area contributed by atoms with Gasteiger partial charge in [0.25, 0.3) is 5.56 Å². The van der Waals surface area contributed by atoms with Crippen molar-refractivity contribution in [3.05, 3.63) is 45.7 Å². The number of nitrogens with zero attached hydrogens (tertiary/aromatic N) is 4. The minimum atomic E-state index is -1.96. The highest BCUT2D eigenvalue weighted by molar-refractivity contribution is 7.98. The van der Waals surface area contributed by atoms with Crippen molar-refractivity contribution in [2.45, 2.75) is 76.8 Å². The Kier molecular flexibility index (Phi) is 7.31. The van der Waals surface area contributed by atoms with Crippen LogP contribution < -0.4 is 5.56 Å². The average molecular weight is 469 g/mol. The van der Waals surface area contributed by atoms with E-state index in [9.17, 15) is 4.79 Å². The van der Waals surface area contributed by atoms with E-state index in [1.165, 1.54) is 11.8 Å². The van der Waals surface area contributed by atoms with Crippen LogP contribution in [0.15, 0.2) is 32.9 Å². The number of rotatable bonds is 6. The van der Waals surface area contributed by atoms with Gasteiger partial charge in [-0.3, -0.25) is 9.36 Å². The van der Waals surface area contributed by atoms with Crippen LogP contribution in [0.25, 0.3) is 11.0 Å². The summed E-state index contributed by atoms with van der Waals surface area (Å²) in [4.78, 5) is 22.6. The van der Waals surface area contributed by atoms with Crippen molar-refractivity contribution >= 4 is 30.9 Å². The van der Waals surface area contributed by atoms with E-state index in [0.29, 0.717) is 38.8 Å². The van der Waals surface area contributed by atoms with Crippen LogP contribution >= 0.6 is 11.8 Å². The smallest absolute Gasteiger partial charge is 0.256 e. The van der Waals surface area contributed by atoms with Gasteiger partial charge in [0, 0.05) is 23.4 Å². The first-order chi connectivity index (χ1) is 15.1. The van der Waals surface area contributed by atoms with Crippen LogP contribution in [0.4, 0.5) is 0 Å². The van der Waals surface area contributed by atoms with E-state index in [0.717, 1.165) is 10.9 Å². The summed E-state index contributed by atoms with van der Waals surface area (Å²) in [5, 5.41) is 5.17. The van der Waals surface area contributed by atoms with E-state index in [1.54, 1.807) is 23.0 Å². The van der Waals surface area contributed by atoms with E-state index >= 15 is 0 Å². The van der Waals surface area contributed by atoms with E-state index in [1.807, 2.05) is 13.2 Å². The minimum absolute atomic E-state index is 0.116. The molecule has 0 bridgehead atoms. The quantitative estimate of drug-likeness (QED) is 0.208. The molecule has 0 aromatic carbocycles. The molecule has 0 aliphatic heterocycles. The van der Waals surface area contributed by atoms with E-state index in [2.05, 4.69) is 68.1 Å². The Labute approximate surface area is 195 Å². The highest BCUT2D eigenvalue weighted by Crippen LogP contribution is 2.41. The maximum Gasteiger partial charge on any atom is 0.256 e. The molecule has 0 N–H and O–H groups in total. The van der Waals surface area contributed by atoms with Crippen molar-refractivity contribution in [2.75, 3.05) is 6.26 Å². The van der Waals surface area contributed by atoms with Gasteiger partial charge in [-0.2, -0.15) is 0 Å². The fourth-order valence-electron chi connectivity index (χ4n) is 4.84. The van der Waals surface area contributed by atoms with Crippen molar-refractivity contribution in [3.8, 4) is 11.5 Å². The van der Waals surface area contributed by atoms with Gasteiger partial charge < -0.3 is 4.52 Å². The van der Waals surface area contributed by atoms with Gasteiger partial charge in [0.05, 0.1) is 18.1 Å². The molecule has 0 unspecified atom stereocenters. The molecule has 0 aliphatic carbocycles. The monoisotopic (exact) mass is 468 g/mol. The van der Waals surface area contributed by atoms with Gasteiger partial charge in [-0.1, -0.05) is 64.4 Å². The van der Waals surface area contributed by atoms with Gasteiger partial charge in [0.15, 0.2) is 10.9 Å². The lowest BCUT2D eigenvalue weighted by molar-refractivity contribution is 0.376. The van der Waals surface area contributed by atoms with Crippen LogP contribution in [0, 0.1) is 18.4 Å². The molecule has 0 spiro atoms. The van der Waals surface area contributed by atoms with Gasteiger partial charge in [-0.25, -0.2) is 9.97 Å². The Morgan fingerprint density at radius 1 is 1.16 bits per heavy atom. The Morgan fingerprint density at radius 2 is 1.81 bits per heavy atom. The topological polar surface area (TPSA) is 73.8 Å². The third-order valence-corrected chi connectivity index (χ3v) is 13.3. The first-order valence-electron chi connectivity index (χ1n) is 11.0. The highest BCUT2D eigenvalue weighted by atomic mass is 32.2. The van der Waals surface area contributed by atoms with Crippen molar-refractivity contribution < 1.29 is 4.52 Å². The molecule has 32 heavy (non-hydrogen) atoms. The second kappa shape index (κ2) is 9.63. The number of fused-ring (bicyclic) bond motifs is 1. The first-order valence-corrected chi connectivity index (χ1v) is 14.5. The normalized spacial score (nSPS) is 12.1. The SMILES string of the molecule is CSc1ncc2c(C#C[Si](C(C)C)(C(C)C)C(C)C)c(C)c(=O)n(Cc3ccno3)c2n1. The molecule has 3 heterocycles. The highest BCUT2D eigenvalue weighted by Gasteiger charge is 2.41. The number of pyridine rings is 1. The minimum Gasteiger partial charge on any atom is -0.359 e. The molecule has 3 aromatic rings. The lowest BCUT2D eigenvalue weighted by Crippen LogP contribution is -2.43. The lowest BCUT2D eigenvalue weighted by atomic mass is 10.1. The number of thioether (sulfide) groups is 1. The third kappa shape index (κ3) is 4.28. The zero-order valence-electron chi connectivity index (χ0n) is 20.2. The molecule has 0 radical (unpaired) electrons. The Balaban J connectivity index is 2.32. The van der Waals surface area contributed by atoms with Crippen LogP contribution in [0.5, 0.6) is 0 Å². The second-order valence-corrected chi connectivity index (χ2v) is 15.5. The fraction of sp³-hybridized carbons (Fsp3) is 0.500. The average Bonchev–Trinajstić information content (AvgIpc) is 3.26. The van der Waals surface area contributed by atoms with Crippen LogP contribution in [-0.2, 0) is 6.54 Å². The standard InChI is InChI=1S/C24H32N4O2SSi/c1-15(2)32(16(3)4,17(5)6)12-10-20-18(7)23(29)28(14-19-9-11-26-30-19)22-21(20)13-25-24(27-22)31-8/h9,11,13,15-17H,14H2,1-8H3. The van der Waals surface area contributed by atoms with Crippen LogP contribution in [0.1, 0.15) is 58.4 Å². The zero-order chi connectivity index (χ0) is 23.6. The van der Waals surface area contributed by atoms with Gasteiger partial charge in [0.2, 0.25) is 0 Å². The second-order valence-electron chi connectivity index (χ2n) is 9.11. The van der Waals surface area contributed by atoms with Crippen LogP contribution in [-0.4, -0.2) is 34.0 Å². The van der Waals surface area contributed by atoms with Crippen molar-refractivity contribution in [1.82, 2.24) is 19.7 Å². The molecular formula is C24H32N4O2SSi. The molecule has 0 fully saturated rings. The van der Waals surface area contributed by atoms with Crippen molar-refractivity contribution in [2.24, 2.45) is 0 Å². The Bertz CT molecular complexity index is 1200. The van der Waals surface area contributed by atoms with Gasteiger partial charge in [0.1, 0.15) is 13.7 Å². The largest absolute Gasteiger partial charge is 0.359 e. The predicted octanol–water partition coefficient (Wildman–Crippen LogP) is 5.43. The molecule has 0 aliphatic rings. The molecule has 3 rings (SSSR count). The van der Waals surface area contributed by atoms with Crippen LogP contribution in [0.3, 0.4) is 0 Å². The lowest BCUT2D eigenvalue weighted by Gasteiger charge is -2.38. The molecular weight excluding hydrogens is 436 g/mol. The maximum atomic E-state index is 13.4. The summed E-state index contributed by atoms with van der Waals surface area (Å²) < 4.78 is 6.89. The van der Waals surface area contributed by atoms with E-state index in [-0.39, 0.29) is 12.1 Å².